The highest BCUT2D eigenvalue weighted by Crippen LogP contribution is 2.40. The van der Waals surface area contributed by atoms with Crippen LogP contribution in [0.3, 0.4) is 0 Å². The number of nitro benzene ring substituents is 1. The first-order valence-electron chi connectivity index (χ1n) is 7.00. The second-order valence-corrected chi connectivity index (χ2v) is 8.30. The van der Waals surface area contributed by atoms with E-state index < -0.39 is 7.25 Å². The van der Waals surface area contributed by atoms with Gasteiger partial charge in [-0.15, -0.1) is 0 Å². The van der Waals surface area contributed by atoms with Crippen molar-refractivity contribution < 1.29 is 22.2 Å². The van der Waals surface area contributed by atoms with Gasteiger partial charge in [0.2, 0.25) is 0 Å². The van der Waals surface area contributed by atoms with Crippen molar-refractivity contribution in [2.45, 2.75) is 9.10 Å². The van der Waals surface area contributed by atoms with Crippen LogP contribution in [-0.2, 0) is 0 Å². The highest BCUT2D eigenvalue weighted by atomic mass is 32.9. The quantitative estimate of drug-likeness (QED) is 0.113. The van der Waals surface area contributed by atoms with E-state index in [0.29, 0.717) is 0 Å². The fourth-order valence-corrected chi connectivity index (χ4v) is 5.47. The minimum atomic E-state index is -6.00. The smallest absolute Gasteiger partial charge is 0.418 e. The van der Waals surface area contributed by atoms with Gasteiger partial charge in [-0.3, -0.25) is 10.1 Å². The van der Waals surface area contributed by atoms with E-state index in [4.69, 9.17) is 0 Å². The van der Waals surface area contributed by atoms with Crippen molar-refractivity contribution in [2.24, 2.45) is 0 Å². The van der Waals surface area contributed by atoms with Crippen molar-refractivity contribution in [3.8, 4) is 10.4 Å². The van der Waals surface area contributed by atoms with Crippen LogP contribution in [0.1, 0.15) is 0 Å². The molecule has 0 aliphatic rings. The summed E-state index contributed by atoms with van der Waals surface area (Å²) in [6, 6.07) is 19.1. The summed E-state index contributed by atoms with van der Waals surface area (Å²) in [5.41, 5.74) is 1.34. The highest BCUT2D eigenvalue weighted by molar-refractivity contribution is 8.02. The molecule has 0 atom stereocenters. The van der Waals surface area contributed by atoms with E-state index >= 15 is 0 Å². The van der Waals surface area contributed by atoms with Crippen LogP contribution in [0.2, 0.25) is 0 Å². The third kappa shape index (κ3) is 7.10. The maximum Gasteiger partial charge on any atom is 0.673 e. The van der Waals surface area contributed by atoms with Gasteiger partial charge in [-0.05, 0) is 29.5 Å². The summed E-state index contributed by atoms with van der Waals surface area (Å²) in [4.78, 5) is 12.5. The molecule has 26 heavy (non-hydrogen) atoms. The van der Waals surface area contributed by atoms with Gasteiger partial charge < -0.3 is 17.3 Å². The van der Waals surface area contributed by atoms with Crippen LogP contribution in [0.5, 0.6) is 0 Å². The van der Waals surface area contributed by atoms with Crippen molar-refractivity contribution in [1.29, 1.82) is 0 Å². The normalized spacial score (nSPS) is 10.8. The molecular formula is C15H10BF4NO2S3. The molecule has 0 N–H and O–H groups in total. The molecule has 0 aliphatic carbocycles. The molecular weight excluding hydrogens is 409 g/mol. The Kier molecular flexibility index (Phi) is 7.12. The van der Waals surface area contributed by atoms with Crippen LogP contribution in [0.15, 0.2) is 69.8 Å². The average molecular weight is 419 g/mol. The minimum Gasteiger partial charge on any atom is -0.418 e. The van der Waals surface area contributed by atoms with Crippen LogP contribution >= 0.6 is 32.4 Å². The summed E-state index contributed by atoms with van der Waals surface area (Å²) < 4.78 is 40.2. The third-order valence-electron chi connectivity index (χ3n) is 2.79. The van der Waals surface area contributed by atoms with E-state index in [1.807, 2.05) is 18.2 Å². The topological polar surface area (TPSA) is 43.1 Å². The summed E-state index contributed by atoms with van der Waals surface area (Å²) in [6.07, 6.45) is 0. The van der Waals surface area contributed by atoms with Gasteiger partial charge >= 0.3 is 17.6 Å². The molecule has 1 aromatic heterocycles. The van der Waals surface area contributed by atoms with Gasteiger partial charge in [-0.1, -0.05) is 30.3 Å². The first-order valence-corrected chi connectivity index (χ1v) is 9.97. The number of halogens is 4. The molecule has 0 unspecified atom stereocenters. The maximum absolute atomic E-state index is 10.6. The number of nitro groups is 1. The molecule has 0 amide bonds. The van der Waals surface area contributed by atoms with Gasteiger partial charge in [-0.2, -0.15) is 0 Å². The summed E-state index contributed by atoms with van der Waals surface area (Å²) >= 11 is 1.63. The Hall–Kier alpha value is -1.98. The summed E-state index contributed by atoms with van der Waals surface area (Å²) in [5.74, 6) is 0. The molecule has 0 spiro atoms. The fourth-order valence-electron chi connectivity index (χ4n) is 1.77. The second-order valence-electron chi connectivity index (χ2n) is 4.71. The Balaban J connectivity index is 0.000000431. The van der Waals surface area contributed by atoms with Crippen molar-refractivity contribution in [2.75, 3.05) is 0 Å². The van der Waals surface area contributed by atoms with Gasteiger partial charge in [0, 0.05) is 23.1 Å². The molecule has 3 nitrogen and oxygen atoms in total. The molecule has 0 fully saturated rings. The van der Waals surface area contributed by atoms with Gasteiger partial charge in [0.15, 0.2) is 10.3 Å². The third-order valence-corrected chi connectivity index (χ3v) is 6.66. The first-order chi connectivity index (χ1) is 12.2. The van der Waals surface area contributed by atoms with E-state index in [1.165, 1.54) is 26.8 Å². The molecule has 0 bridgehead atoms. The monoisotopic (exact) mass is 419 g/mol. The molecule has 0 saturated carbocycles. The SMILES string of the molecule is F[B-](F)(F)F.O=[N+]([O-])c1ccc(Sc2cc(-c3ccccc3)s[s+]2)cc1. The lowest BCUT2D eigenvalue weighted by molar-refractivity contribution is -0.384. The molecule has 1 heterocycles. The predicted molar refractivity (Wildman–Crippen MR) is 99.4 cm³/mol. The second kappa shape index (κ2) is 9.10. The standard InChI is InChI=1S/C15H10NO2S3.BF4/c17-16(18)12-6-8-13(9-7-12)19-15-10-14(20-21-15)11-4-2-1-3-5-11;2-1(3,4)5/h1-10H;/q+1;-1. The maximum atomic E-state index is 10.6. The van der Waals surface area contributed by atoms with E-state index in [-0.39, 0.29) is 10.6 Å². The zero-order valence-electron chi connectivity index (χ0n) is 12.9. The van der Waals surface area contributed by atoms with Crippen LogP contribution in [-0.4, -0.2) is 12.2 Å². The number of non-ortho nitro benzene ring substituents is 1. The lowest BCUT2D eigenvalue weighted by Crippen LogP contribution is -2.02. The average Bonchev–Trinajstić information content (AvgIpc) is 3.03. The van der Waals surface area contributed by atoms with Gasteiger partial charge in [-0.25, -0.2) is 0 Å². The van der Waals surface area contributed by atoms with E-state index in [1.54, 1.807) is 44.6 Å². The van der Waals surface area contributed by atoms with Gasteiger partial charge in [0.1, 0.15) is 0 Å². The molecule has 0 aliphatic heterocycles. The number of nitrogens with zero attached hydrogens (tertiary/aromatic N) is 1. The number of benzene rings is 2. The number of rotatable bonds is 4. The molecule has 3 aromatic rings. The number of hydrogen-bond donors (Lipinski definition) is 0. The summed E-state index contributed by atoms with van der Waals surface area (Å²) in [6.45, 7) is 0. The first kappa shape index (κ1) is 20.3. The van der Waals surface area contributed by atoms with Gasteiger partial charge in [0.25, 0.3) is 9.90 Å². The summed E-state index contributed by atoms with van der Waals surface area (Å²) in [7, 11) is -2.54. The lowest BCUT2D eigenvalue weighted by atomic mass is 10.2. The van der Waals surface area contributed by atoms with Crippen molar-refractivity contribution in [1.82, 2.24) is 0 Å². The van der Waals surface area contributed by atoms with E-state index in [2.05, 4.69) is 18.2 Å². The highest BCUT2D eigenvalue weighted by Gasteiger charge is 2.20. The minimum absolute atomic E-state index is 0.123. The van der Waals surface area contributed by atoms with Crippen LogP contribution in [0.4, 0.5) is 23.0 Å². The van der Waals surface area contributed by atoms with Gasteiger partial charge in [0.05, 0.1) is 9.80 Å². The van der Waals surface area contributed by atoms with Crippen LogP contribution in [0.25, 0.3) is 10.4 Å². The molecule has 11 heteroatoms. The van der Waals surface area contributed by atoms with Crippen molar-refractivity contribution in [3.63, 3.8) is 0 Å². The van der Waals surface area contributed by atoms with Crippen molar-refractivity contribution in [3.05, 3.63) is 70.8 Å². The van der Waals surface area contributed by atoms with E-state index in [9.17, 15) is 27.4 Å². The fraction of sp³-hybridized carbons (Fsp3) is 0. The Morgan fingerprint density at radius 3 is 2.12 bits per heavy atom. The number of hydrogen-bond acceptors (Lipinski definition) is 4. The zero-order chi connectivity index (χ0) is 19.2. The molecule has 0 radical (unpaired) electrons. The van der Waals surface area contributed by atoms with Crippen LogP contribution < -0.4 is 0 Å². The Morgan fingerprint density at radius 2 is 1.58 bits per heavy atom. The Bertz CT molecular complexity index is 851. The van der Waals surface area contributed by atoms with Crippen LogP contribution in [0, 0.1) is 10.1 Å². The zero-order valence-corrected chi connectivity index (χ0v) is 15.3. The van der Waals surface area contributed by atoms with Crippen molar-refractivity contribution >= 4 is 45.4 Å². The Morgan fingerprint density at radius 1 is 1.00 bits per heavy atom. The molecule has 3 rings (SSSR count). The lowest BCUT2D eigenvalue weighted by Gasteiger charge is -1.94. The molecule has 136 valence electrons. The van der Waals surface area contributed by atoms with E-state index in [0.717, 1.165) is 4.90 Å². The molecule has 2 aromatic carbocycles. The largest absolute Gasteiger partial charge is 0.673 e. The Labute approximate surface area is 158 Å². The molecule has 0 saturated heterocycles. The summed E-state index contributed by atoms with van der Waals surface area (Å²) in [5, 5.41) is 10.6. The predicted octanol–water partition coefficient (Wildman–Crippen LogP) is 7.12.